The summed E-state index contributed by atoms with van der Waals surface area (Å²) in [6.07, 6.45) is 3.36. The van der Waals surface area contributed by atoms with Crippen molar-refractivity contribution in [2.24, 2.45) is 11.8 Å². The molecule has 2 amide bonds. The minimum Gasteiger partial charge on any atom is -0.481 e. The van der Waals surface area contributed by atoms with Crippen LogP contribution < -0.4 is 10.6 Å². The van der Waals surface area contributed by atoms with Crippen LogP contribution >= 0.6 is 0 Å². The van der Waals surface area contributed by atoms with Gasteiger partial charge in [-0.05, 0) is 43.4 Å². The van der Waals surface area contributed by atoms with E-state index in [4.69, 9.17) is 5.11 Å². The Kier molecular flexibility index (Phi) is 6.35. The van der Waals surface area contributed by atoms with Crippen LogP contribution in [0.1, 0.15) is 38.2 Å². The number of carbonyl (C=O) groups is 3. The molecule has 0 radical (unpaired) electrons. The van der Waals surface area contributed by atoms with Crippen LogP contribution in [0.15, 0.2) is 24.3 Å². The molecule has 0 spiro atoms. The number of aliphatic carboxylic acids is 1. The standard InChI is InChI=1S/C18H24N2O4/c1-12(21)20-16-7-5-13(6-8-16)9-10-19-17(22)14-3-2-4-15(11-14)18(23)24/h5-8,14-15H,2-4,9-11H2,1H3,(H,19,22)(H,20,21)(H,23,24). The maximum Gasteiger partial charge on any atom is 0.306 e. The van der Waals surface area contributed by atoms with Crippen molar-refractivity contribution in [3.05, 3.63) is 29.8 Å². The molecule has 6 heteroatoms. The number of amides is 2. The molecule has 1 saturated carbocycles. The summed E-state index contributed by atoms with van der Waals surface area (Å²) in [7, 11) is 0. The van der Waals surface area contributed by atoms with Crippen LogP contribution in [-0.2, 0) is 20.8 Å². The van der Waals surface area contributed by atoms with Gasteiger partial charge >= 0.3 is 5.97 Å². The summed E-state index contributed by atoms with van der Waals surface area (Å²) < 4.78 is 0. The Balaban J connectivity index is 1.76. The van der Waals surface area contributed by atoms with E-state index in [2.05, 4.69) is 10.6 Å². The zero-order valence-corrected chi connectivity index (χ0v) is 13.9. The van der Waals surface area contributed by atoms with Gasteiger partial charge in [0.25, 0.3) is 0 Å². The molecule has 0 bridgehead atoms. The van der Waals surface area contributed by atoms with E-state index in [1.807, 2.05) is 24.3 Å². The number of rotatable bonds is 6. The summed E-state index contributed by atoms with van der Waals surface area (Å²) >= 11 is 0. The first-order valence-electron chi connectivity index (χ1n) is 8.32. The molecule has 1 aliphatic carbocycles. The van der Waals surface area contributed by atoms with Crippen LogP contribution in [0.5, 0.6) is 0 Å². The van der Waals surface area contributed by atoms with Gasteiger partial charge < -0.3 is 15.7 Å². The largest absolute Gasteiger partial charge is 0.481 e. The molecule has 24 heavy (non-hydrogen) atoms. The molecule has 0 aliphatic heterocycles. The van der Waals surface area contributed by atoms with Crippen molar-refractivity contribution in [1.29, 1.82) is 0 Å². The second kappa shape index (κ2) is 8.47. The summed E-state index contributed by atoms with van der Waals surface area (Å²) in [6.45, 7) is 1.98. The SMILES string of the molecule is CC(=O)Nc1ccc(CCNC(=O)C2CCCC(C(=O)O)C2)cc1. The van der Waals surface area contributed by atoms with E-state index in [1.165, 1.54) is 6.92 Å². The number of carboxylic acid groups (broad SMARTS) is 1. The van der Waals surface area contributed by atoms with Gasteiger partial charge in [0.05, 0.1) is 5.92 Å². The molecule has 3 N–H and O–H groups in total. The molecule has 2 atom stereocenters. The van der Waals surface area contributed by atoms with E-state index >= 15 is 0 Å². The van der Waals surface area contributed by atoms with E-state index in [9.17, 15) is 14.4 Å². The number of carboxylic acids is 1. The molecular weight excluding hydrogens is 308 g/mol. The molecule has 1 aromatic carbocycles. The Morgan fingerprint density at radius 3 is 2.42 bits per heavy atom. The highest BCUT2D eigenvalue weighted by molar-refractivity contribution is 5.88. The van der Waals surface area contributed by atoms with Gasteiger partial charge in [-0.3, -0.25) is 14.4 Å². The van der Waals surface area contributed by atoms with Gasteiger partial charge in [-0.1, -0.05) is 18.6 Å². The average Bonchev–Trinajstić information content (AvgIpc) is 2.56. The lowest BCUT2D eigenvalue weighted by Crippen LogP contribution is -2.36. The lowest BCUT2D eigenvalue weighted by atomic mass is 9.81. The van der Waals surface area contributed by atoms with Gasteiger partial charge in [0.15, 0.2) is 0 Å². The molecule has 6 nitrogen and oxygen atoms in total. The molecule has 0 saturated heterocycles. The predicted octanol–water partition coefficient (Wildman–Crippen LogP) is 2.19. The number of nitrogens with one attached hydrogen (secondary N) is 2. The first kappa shape index (κ1) is 18.0. The van der Waals surface area contributed by atoms with Crippen molar-refractivity contribution >= 4 is 23.5 Å². The lowest BCUT2D eigenvalue weighted by Gasteiger charge is -2.25. The summed E-state index contributed by atoms with van der Waals surface area (Å²) in [6, 6.07) is 7.49. The molecular formula is C18H24N2O4. The van der Waals surface area contributed by atoms with Crippen LogP contribution in [-0.4, -0.2) is 29.4 Å². The van der Waals surface area contributed by atoms with E-state index in [-0.39, 0.29) is 17.7 Å². The van der Waals surface area contributed by atoms with Gasteiger partial charge in [0, 0.05) is 25.1 Å². The Morgan fingerprint density at radius 1 is 1.12 bits per heavy atom. The van der Waals surface area contributed by atoms with Crippen molar-refractivity contribution < 1.29 is 19.5 Å². The third-order valence-electron chi connectivity index (χ3n) is 4.38. The molecule has 130 valence electrons. The van der Waals surface area contributed by atoms with Crippen LogP contribution in [0.25, 0.3) is 0 Å². The molecule has 1 aliphatic rings. The molecule has 1 aromatic rings. The zero-order chi connectivity index (χ0) is 17.5. The maximum atomic E-state index is 12.2. The Hall–Kier alpha value is -2.37. The highest BCUT2D eigenvalue weighted by Gasteiger charge is 2.30. The maximum absolute atomic E-state index is 12.2. The van der Waals surface area contributed by atoms with E-state index in [0.29, 0.717) is 25.8 Å². The van der Waals surface area contributed by atoms with Crippen molar-refractivity contribution in [3.8, 4) is 0 Å². The second-order valence-electron chi connectivity index (χ2n) is 6.32. The Morgan fingerprint density at radius 2 is 1.79 bits per heavy atom. The smallest absolute Gasteiger partial charge is 0.306 e. The second-order valence-corrected chi connectivity index (χ2v) is 6.32. The Bertz CT molecular complexity index is 598. The first-order chi connectivity index (χ1) is 11.5. The van der Waals surface area contributed by atoms with Gasteiger partial charge in [-0.15, -0.1) is 0 Å². The van der Waals surface area contributed by atoms with E-state index in [0.717, 1.165) is 24.1 Å². The Labute approximate surface area is 141 Å². The van der Waals surface area contributed by atoms with E-state index < -0.39 is 11.9 Å². The van der Waals surface area contributed by atoms with Crippen molar-refractivity contribution in [1.82, 2.24) is 5.32 Å². The summed E-state index contributed by atoms with van der Waals surface area (Å²) in [4.78, 5) is 34.2. The number of carbonyl (C=O) groups excluding carboxylic acids is 2. The molecule has 0 heterocycles. The number of benzene rings is 1. The summed E-state index contributed by atoms with van der Waals surface area (Å²) in [5.41, 5.74) is 1.81. The van der Waals surface area contributed by atoms with Crippen LogP contribution in [0, 0.1) is 11.8 Å². The van der Waals surface area contributed by atoms with Gasteiger partial charge in [-0.25, -0.2) is 0 Å². The van der Waals surface area contributed by atoms with Crippen molar-refractivity contribution in [3.63, 3.8) is 0 Å². The summed E-state index contributed by atoms with van der Waals surface area (Å²) in [5, 5.41) is 14.7. The fourth-order valence-electron chi connectivity index (χ4n) is 3.08. The third kappa shape index (κ3) is 5.37. The normalized spacial score (nSPS) is 20.2. The highest BCUT2D eigenvalue weighted by atomic mass is 16.4. The molecule has 1 fully saturated rings. The minimum atomic E-state index is -0.799. The van der Waals surface area contributed by atoms with Crippen LogP contribution in [0.2, 0.25) is 0 Å². The summed E-state index contributed by atoms with van der Waals surface area (Å²) in [5.74, 6) is -1.54. The number of hydrogen-bond donors (Lipinski definition) is 3. The van der Waals surface area contributed by atoms with E-state index in [1.54, 1.807) is 0 Å². The highest BCUT2D eigenvalue weighted by Crippen LogP contribution is 2.29. The lowest BCUT2D eigenvalue weighted by molar-refractivity contribution is -0.144. The fraction of sp³-hybridized carbons (Fsp3) is 0.500. The average molecular weight is 332 g/mol. The monoisotopic (exact) mass is 332 g/mol. The fourth-order valence-corrected chi connectivity index (χ4v) is 3.08. The first-order valence-corrected chi connectivity index (χ1v) is 8.32. The van der Waals surface area contributed by atoms with Crippen LogP contribution in [0.3, 0.4) is 0 Å². The predicted molar refractivity (Wildman–Crippen MR) is 90.5 cm³/mol. The topological polar surface area (TPSA) is 95.5 Å². The molecule has 2 unspecified atom stereocenters. The van der Waals surface area contributed by atoms with Crippen molar-refractivity contribution in [2.75, 3.05) is 11.9 Å². The van der Waals surface area contributed by atoms with Gasteiger partial charge in [-0.2, -0.15) is 0 Å². The van der Waals surface area contributed by atoms with Crippen molar-refractivity contribution in [2.45, 2.75) is 39.0 Å². The molecule has 2 rings (SSSR count). The minimum absolute atomic E-state index is 0.0455. The quantitative estimate of drug-likeness (QED) is 0.744. The van der Waals surface area contributed by atoms with Gasteiger partial charge in [0.1, 0.15) is 0 Å². The number of anilines is 1. The van der Waals surface area contributed by atoms with Gasteiger partial charge in [0.2, 0.25) is 11.8 Å². The number of hydrogen-bond acceptors (Lipinski definition) is 3. The third-order valence-corrected chi connectivity index (χ3v) is 4.38. The zero-order valence-electron chi connectivity index (χ0n) is 13.9. The van der Waals surface area contributed by atoms with Crippen LogP contribution in [0.4, 0.5) is 5.69 Å². The molecule has 0 aromatic heterocycles.